The number of hydrogen-bond acceptors (Lipinski definition) is 3. The van der Waals surface area contributed by atoms with E-state index in [-0.39, 0.29) is 16.5 Å². The van der Waals surface area contributed by atoms with E-state index in [2.05, 4.69) is 10.5 Å². The lowest BCUT2D eigenvalue weighted by Crippen LogP contribution is -2.15. The number of hydrogen-bond donors (Lipinski definition) is 3. The Bertz CT molecular complexity index is 702. The summed E-state index contributed by atoms with van der Waals surface area (Å²) in [6.45, 7) is 0. The molecule has 2 aromatic carbocycles. The van der Waals surface area contributed by atoms with Crippen LogP contribution in [0.3, 0.4) is 0 Å². The molecule has 0 aliphatic rings. The highest BCUT2D eigenvalue weighted by Crippen LogP contribution is 2.22. The van der Waals surface area contributed by atoms with Crippen molar-refractivity contribution in [3.8, 4) is 0 Å². The van der Waals surface area contributed by atoms with Crippen molar-refractivity contribution in [2.24, 2.45) is 10.9 Å². The molecule has 7 heteroatoms. The topological polar surface area (TPSA) is 87.7 Å². The van der Waals surface area contributed by atoms with Crippen LogP contribution >= 0.6 is 11.6 Å². The summed E-state index contributed by atoms with van der Waals surface area (Å²) < 4.78 is 13.7. The van der Waals surface area contributed by atoms with Crippen molar-refractivity contribution in [2.45, 2.75) is 0 Å². The zero-order valence-electron chi connectivity index (χ0n) is 10.7. The first kappa shape index (κ1) is 14.8. The number of nitrogens with one attached hydrogen (secondary N) is 1. The van der Waals surface area contributed by atoms with Gasteiger partial charge in [-0.1, -0.05) is 35.0 Å². The third-order valence-electron chi connectivity index (χ3n) is 2.75. The van der Waals surface area contributed by atoms with E-state index in [1.54, 1.807) is 0 Å². The quantitative estimate of drug-likeness (QED) is 0.352. The van der Waals surface area contributed by atoms with Gasteiger partial charge < -0.3 is 16.3 Å². The largest absolute Gasteiger partial charge is 0.409 e. The van der Waals surface area contributed by atoms with E-state index in [1.165, 1.54) is 42.5 Å². The first-order valence-electron chi connectivity index (χ1n) is 5.86. The lowest BCUT2D eigenvalue weighted by atomic mass is 10.1. The fraction of sp³-hybridized carbons (Fsp3) is 0. The van der Waals surface area contributed by atoms with Gasteiger partial charge in [-0.3, -0.25) is 4.79 Å². The van der Waals surface area contributed by atoms with Crippen LogP contribution in [0.1, 0.15) is 15.9 Å². The summed E-state index contributed by atoms with van der Waals surface area (Å²) >= 11 is 5.64. The lowest BCUT2D eigenvalue weighted by molar-refractivity contribution is 0.102. The smallest absolute Gasteiger partial charge is 0.255 e. The maximum atomic E-state index is 13.7. The molecule has 0 unspecified atom stereocenters. The van der Waals surface area contributed by atoms with Gasteiger partial charge in [-0.25, -0.2) is 4.39 Å². The molecule has 4 N–H and O–H groups in total. The summed E-state index contributed by atoms with van der Waals surface area (Å²) in [5.41, 5.74) is 6.17. The highest BCUT2D eigenvalue weighted by molar-refractivity contribution is 6.31. The van der Waals surface area contributed by atoms with Gasteiger partial charge in [0.25, 0.3) is 5.91 Å². The lowest BCUT2D eigenvalue weighted by Gasteiger charge is -2.07. The summed E-state index contributed by atoms with van der Waals surface area (Å²) in [5, 5.41) is 13.7. The Morgan fingerprint density at radius 2 is 1.81 bits per heavy atom. The molecule has 0 spiro atoms. The number of amidine groups is 1. The maximum absolute atomic E-state index is 13.7. The standard InChI is InChI=1S/C14H11ClFN3O2/c15-10-2-1-3-11(12(10)16)18-14(20)9-6-4-8(5-7-9)13(17)19-21/h1-7,21H,(H2,17,19)(H,18,20). The van der Waals surface area contributed by atoms with Crippen LogP contribution in [-0.2, 0) is 0 Å². The number of anilines is 1. The van der Waals surface area contributed by atoms with Gasteiger partial charge in [-0.15, -0.1) is 0 Å². The van der Waals surface area contributed by atoms with Crippen LogP contribution in [0, 0.1) is 5.82 Å². The van der Waals surface area contributed by atoms with Crippen LogP contribution < -0.4 is 11.1 Å². The molecule has 1 amide bonds. The van der Waals surface area contributed by atoms with Crippen molar-refractivity contribution >= 4 is 29.0 Å². The van der Waals surface area contributed by atoms with Crippen molar-refractivity contribution in [3.05, 3.63) is 64.4 Å². The number of benzene rings is 2. The van der Waals surface area contributed by atoms with E-state index in [4.69, 9.17) is 22.5 Å². The number of oxime groups is 1. The average molecular weight is 308 g/mol. The molecular weight excluding hydrogens is 297 g/mol. The summed E-state index contributed by atoms with van der Waals surface area (Å²) in [4.78, 5) is 12.0. The van der Waals surface area contributed by atoms with Crippen molar-refractivity contribution in [3.63, 3.8) is 0 Å². The number of halogens is 2. The third-order valence-corrected chi connectivity index (χ3v) is 3.04. The zero-order valence-corrected chi connectivity index (χ0v) is 11.4. The van der Waals surface area contributed by atoms with Crippen LogP contribution in [0.4, 0.5) is 10.1 Å². The molecule has 0 saturated carbocycles. The Kier molecular flexibility index (Phi) is 4.39. The molecule has 0 atom stereocenters. The second-order valence-electron chi connectivity index (χ2n) is 4.12. The monoisotopic (exact) mass is 307 g/mol. The number of carbonyl (C=O) groups excluding carboxylic acids is 1. The van der Waals surface area contributed by atoms with Crippen molar-refractivity contribution in [1.29, 1.82) is 0 Å². The van der Waals surface area contributed by atoms with E-state index in [9.17, 15) is 9.18 Å². The van der Waals surface area contributed by atoms with Crippen LogP contribution in [0.5, 0.6) is 0 Å². The summed E-state index contributed by atoms with van der Waals surface area (Å²) in [5.74, 6) is -1.26. The van der Waals surface area contributed by atoms with Crippen LogP contribution in [0.25, 0.3) is 0 Å². The summed E-state index contributed by atoms with van der Waals surface area (Å²) in [6, 6.07) is 10.3. The maximum Gasteiger partial charge on any atom is 0.255 e. The molecule has 5 nitrogen and oxygen atoms in total. The van der Waals surface area contributed by atoms with Gasteiger partial charge in [0.15, 0.2) is 11.7 Å². The molecule has 0 heterocycles. The van der Waals surface area contributed by atoms with E-state index in [1.807, 2.05) is 0 Å². The molecule has 0 radical (unpaired) electrons. The fourth-order valence-corrected chi connectivity index (χ4v) is 1.82. The van der Waals surface area contributed by atoms with Gasteiger partial charge in [0.2, 0.25) is 0 Å². The predicted molar refractivity (Wildman–Crippen MR) is 78.3 cm³/mol. The number of rotatable bonds is 3. The number of nitrogens with two attached hydrogens (primary N) is 1. The Labute approximate surface area is 124 Å². The van der Waals surface area contributed by atoms with Crippen molar-refractivity contribution in [1.82, 2.24) is 0 Å². The van der Waals surface area contributed by atoms with Crippen LogP contribution in [-0.4, -0.2) is 17.0 Å². The molecule has 2 aromatic rings. The summed E-state index contributed by atoms with van der Waals surface area (Å²) in [7, 11) is 0. The molecule has 0 aromatic heterocycles. The fourth-order valence-electron chi connectivity index (χ4n) is 1.64. The van der Waals surface area contributed by atoms with E-state index in [0.29, 0.717) is 11.1 Å². The molecule has 108 valence electrons. The van der Waals surface area contributed by atoms with Gasteiger partial charge in [-0.05, 0) is 24.3 Å². The average Bonchev–Trinajstić information content (AvgIpc) is 2.51. The van der Waals surface area contributed by atoms with Gasteiger partial charge in [0, 0.05) is 11.1 Å². The number of carbonyl (C=O) groups is 1. The minimum absolute atomic E-state index is 0.00647. The first-order chi connectivity index (χ1) is 10.0. The van der Waals surface area contributed by atoms with Gasteiger partial charge in [0.1, 0.15) is 0 Å². The van der Waals surface area contributed by atoms with Crippen molar-refractivity contribution in [2.75, 3.05) is 5.32 Å². The van der Waals surface area contributed by atoms with E-state index < -0.39 is 11.7 Å². The molecule has 21 heavy (non-hydrogen) atoms. The molecule has 0 saturated heterocycles. The molecule has 2 rings (SSSR count). The molecule has 0 aliphatic carbocycles. The van der Waals surface area contributed by atoms with Gasteiger partial charge in [-0.2, -0.15) is 0 Å². The second-order valence-corrected chi connectivity index (χ2v) is 4.53. The van der Waals surface area contributed by atoms with E-state index >= 15 is 0 Å². The molecule has 0 fully saturated rings. The van der Waals surface area contributed by atoms with Crippen LogP contribution in [0.2, 0.25) is 5.02 Å². The van der Waals surface area contributed by atoms with Crippen LogP contribution in [0.15, 0.2) is 47.6 Å². The van der Waals surface area contributed by atoms with Crippen molar-refractivity contribution < 1.29 is 14.4 Å². The summed E-state index contributed by atoms with van der Waals surface area (Å²) in [6.07, 6.45) is 0. The third kappa shape index (κ3) is 3.29. The first-order valence-corrected chi connectivity index (χ1v) is 6.24. The molecule has 0 aliphatic heterocycles. The Hall–Kier alpha value is -2.60. The Morgan fingerprint density at radius 3 is 2.43 bits per heavy atom. The zero-order chi connectivity index (χ0) is 15.4. The highest BCUT2D eigenvalue weighted by Gasteiger charge is 2.11. The SMILES string of the molecule is N/C(=N\O)c1ccc(C(=O)Nc2cccc(Cl)c2F)cc1. The number of amides is 1. The Morgan fingerprint density at radius 1 is 1.19 bits per heavy atom. The molecule has 0 bridgehead atoms. The number of nitrogens with zero attached hydrogens (tertiary/aromatic N) is 1. The second kappa shape index (κ2) is 6.23. The normalized spacial score (nSPS) is 11.2. The predicted octanol–water partition coefficient (Wildman–Crippen LogP) is 2.83. The van der Waals surface area contributed by atoms with E-state index in [0.717, 1.165) is 0 Å². The highest BCUT2D eigenvalue weighted by atomic mass is 35.5. The minimum Gasteiger partial charge on any atom is -0.409 e. The van der Waals surface area contributed by atoms with Gasteiger partial charge in [0.05, 0.1) is 10.7 Å². The molecular formula is C14H11ClFN3O2. The Balaban J connectivity index is 2.19. The minimum atomic E-state index is -0.694. The van der Waals surface area contributed by atoms with Gasteiger partial charge >= 0.3 is 0 Å².